The highest BCUT2D eigenvalue weighted by Gasteiger charge is 2.27. The van der Waals surface area contributed by atoms with E-state index in [1.807, 2.05) is 25.1 Å². The molecule has 1 aromatic heterocycles. The minimum Gasteiger partial charge on any atom is -0.450 e. The first kappa shape index (κ1) is 23.6. The normalized spacial score (nSPS) is 19.6. The van der Waals surface area contributed by atoms with E-state index in [0.717, 1.165) is 38.2 Å². The number of hydrogen-bond donors (Lipinski definition) is 2. The van der Waals surface area contributed by atoms with Crippen molar-refractivity contribution in [2.75, 3.05) is 58.3 Å². The molecule has 2 aliphatic heterocycles. The number of aliphatic imine (C=N–C) groups is 1. The number of ether oxygens (including phenoxy) is 1. The fourth-order valence-electron chi connectivity index (χ4n) is 3.86. The molecule has 0 radical (unpaired) electrons. The van der Waals surface area contributed by atoms with Gasteiger partial charge in [-0.2, -0.15) is 0 Å². The lowest BCUT2D eigenvalue weighted by atomic mass is 10.1. The molecule has 2 saturated heterocycles. The van der Waals surface area contributed by atoms with Crippen LogP contribution in [-0.2, 0) is 9.53 Å². The fraction of sp³-hybridized carbons (Fsp3) is 0.636. The molecule has 2 amide bonds. The molecule has 0 spiro atoms. The molecule has 0 bridgehead atoms. The molecule has 10 heteroatoms. The van der Waals surface area contributed by atoms with Crippen LogP contribution < -0.4 is 15.5 Å². The first-order valence-corrected chi connectivity index (χ1v) is 11.3. The minimum atomic E-state index is -0.255. The number of anilines is 1. The number of nitrogens with zero attached hydrogens (tertiary/aromatic N) is 5. The zero-order chi connectivity index (χ0) is 22.9. The summed E-state index contributed by atoms with van der Waals surface area (Å²) >= 11 is 0. The van der Waals surface area contributed by atoms with E-state index in [-0.39, 0.29) is 30.6 Å². The lowest BCUT2D eigenvalue weighted by molar-refractivity contribution is -0.127. The van der Waals surface area contributed by atoms with Crippen molar-refractivity contribution in [3.8, 4) is 0 Å². The summed E-state index contributed by atoms with van der Waals surface area (Å²) in [4.78, 5) is 38.5. The van der Waals surface area contributed by atoms with E-state index < -0.39 is 0 Å². The van der Waals surface area contributed by atoms with E-state index >= 15 is 0 Å². The Balaban J connectivity index is 1.57. The van der Waals surface area contributed by atoms with Crippen LogP contribution in [0.25, 0.3) is 0 Å². The van der Waals surface area contributed by atoms with Crippen molar-refractivity contribution < 1.29 is 14.3 Å². The predicted octanol–water partition coefficient (Wildman–Crippen LogP) is 0.905. The van der Waals surface area contributed by atoms with Crippen molar-refractivity contribution in [1.29, 1.82) is 0 Å². The second kappa shape index (κ2) is 11.5. The summed E-state index contributed by atoms with van der Waals surface area (Å²) in [5, 5.41) is 6.98. The van der Waals surface area contributed by atoms with Gasteiger partial charge in [-0.1, -0.05) is 6.07 Å². The Morgan fingerprint density at radius 3 is 2.53 bits per heavy atom. The van der Waals surface area contributed by atoms with Crippen LogP contribution in [0, 0.1) is 0 Å². The summed E-state index contributed by atoms with van der Waals surface area (Å²) in [6.07, 6.45) is 4.10. The van der Waals surface area contributed by atoms with Crippen LogP contribution >= 0.6 is 0 Å². The molecule has 3 rings (SSSR count). The fourth-order valence-corrected chi connectivity index (χ4v) is 3.86. The average Bonchev–Trinajstić information content (AvgIpc) is 3.27. The van der Waals surface area contributed by atoms with Crippen molar-refractivity contribution >= 4 is 23.8 Å². The number of likely N-dealkylation sites (tertiary alicyclic amines) is 1. The van der Waals surface area contributed by atoms with Crippen LogP contribution in [0.1, 0.15) is 26.2 Å². The first-order valence-electron chi connectivity index (χ1n) is 11.3. The number of guanidine groups is 1. The highest BCUT2D eigenvalue weighted by Crippen LogP contribution is 2.17. The van der Waals surface area contributed by atoms with Gasteiger partial charge in [-0.25, -0.2) is 14.8 Å². The van der Waals surface area contributed by atoms with Crippen LogP contribution in [0.15, 0.2) is 29.4 Å². The van der Waals surface area contributed by atoms with Gasteiger partial charge in [-0.3, -0.25) is 4.79 Å². The van der Waals surface area contributed by atoms with E-state index in [4.69, 9.17) is 4.74 Å². The molecule has 1 aromatic rings. The van der Waals surface area contributed by atoms with Gasteiger partial charge in [0, 0.05) is 58.6 Å². The molecule has 0 aromatic carbocycles. The number of nitrogens with one attached hydrogen (secondary N) is 2. The Morgan fingerprint density at radius 2 is 1.88 bits per heavy atom. The van der Waals surface area contributed by atoms with Crippen molar-refractivity contribution in [3.05, 3.63) is 24.4 Å². The number of carbonyl (C=O) groups is 2. The molecular formula is C22H35N7O3. The Kier molecular flexibility index (Phi) is 8.52. The van der Waals surface area contributed by atoms with Crippen molar-refractivity contribution in [2.24, 2.45) is 4.99 Å². The van der Waals surface area contributed by atoms with Gasteiger partial charge in [0.1, 0.15) is 12.4 Å². The second-order valence-corrected chi connectivity index (χ2v) is 8.32. The van der Waals surface area contributed by atoms with Gasteiger partial charge < -0.3 is 30.1 Å². The van der Waals surface area contributed by atoms with Crippen LogP contribution in [0.5, 0.6) is 0 Å². The molecule has 2 aliphatic rings. The standard InChI is InChI=1S/C22H35N7O3/c1-4-32-22(31)28-12-8-17(9-13-28)25-21(24-15-20(30)27(2)3)26-18-10-14-29(16-18)19-7-5-6-11-23-19/h5-7,11,17-18H,4,8-10,12-16H2,1-3H3,(H2,24,25,26). The average molecular weight is 446 g/mol. The number of pyridine rings is 1. The van der Waals surface area contributed by atoms with Crippen LogP contribution in [0.2, 0.25) is 0 Å². The van der Waals surface area contributed by atoms with Gasteiger partial charge in [0.05, 0.1) is 6.61 Å². The van der Waals surface area contributed by atoms with Crippen molar-refractivity contribution in [1.82, 2.24) is 25.4 Å². The molecule has 32 heavy (non-hydrogen) atoms. The van der Waals surface area contributed by atoms with Gasteiger partial charge in [-0.05, 0) is 38.3 Å². The Labute approximate surface area is 190 Å². The summed E-state index contributed by atoms with van der Waals surface area (Å²) in [6.45, 7) is 5.29. The number of likely N-dealkylation sites (N-methyl/N-ethyl adjacent to an activating group) is 1. The monoisotopic (exact) mass is 445 g/mol. The van der Waals surface area contributed by atoms with Crippen LogP contribution in [-0.4, -0.2) is 98.3 Å². The van der Waals surface area contributed by atoms with Gasteiger partial charge in [0.2, 0.25) is 5.91 Å². The lowest BCUT2D eigenvalue weighted by Crippen LogP contribution is -2.52. The van der Waals surface area contributed by atoms with Crippen molar-refractivity contribution in [3.63, 3.8) is 0 Å². The molecule has 0 aliphatic carbocycles. The summed E-state index contributed by atoms with van der Waals surface area (Å²) in [5.74, 6) is 1.56. The van der Waals surface area contributed by atoms with E-state index in [1.54, 1.807) is 25.2 Å². The van der Waals surface area contributed by atoms with E-state index in [9.17, 15) is 9.59 Å². The quantitative estimate of drug-likeness (QED) is 0.496. The molecule has 10 nitrogen and oxygen atoms in total. The number of carbonyl (C=O) groups excluding carboxylic acids is 2. The minimum absolute atomic E-state index is 0.0511. The third-order valence-corrected chi connectivity index (χ3v) is 5.74. The SMILES string of the molecule is CCOC(=O)N1CCC(NC(=NCC(=O)N(C)C)NC2CCN(c3ccccn3)C2)CC1. The number of hydrogen-bond acceptors (Lipinski definition) is 6. The molecule has 1 atom stereocenters. The van der Waals surface area contributed by atoms with Crippen LogP contribution in [0.3, 0.4) is 0 Å². The van der Waals surface area contributed by atoms with Gasteiger partial charge >= 0.3 is 6.09 Å². The maximum absolute atomic E-state index is 12.1. The Morgan fingerprint density at radius 1 is 1.16 bits per heavy atom. The summed E-state index contributed by atoms with van der Waals surface area (Å²) in [7, 11) is 3.45. The highest BCUT2D eigenvalue weighted by atomic mass is 16.6. The molecule has 0 saturated carbocycles. The third kappa shape index (κ3) is 6.73. The molecule has 3 heterocycles. The third-order valence-electron chi connectivity index (χ3n) is 5.74. The van der Waals surface area contributed by atoms with E-state index in [2.05, 4.69) is 25.5 Å². The smallest absolute Gasteiger partial charge is 0.409 e. The van der Waals surface area contributed by atoms with Gasteiger partial charge in [0.15, 0.2) is 5.96 Å². The van der Waals surface area contributed by atoms with E-state index in [0.29, 0.717) is 25.7 Å². The second-order valence-electron chi connectivity index (χ2n) is 8.32. The van der Waals surface area contributed by atoms with Crippen molar-refractivity contribution in [2.45, 2.75) is 38.3 Å². The lowest BCUT2D eigenvalue weighted by Gasteiger charge is -2.32. The summed E-state index contributed by atoms with van der Waals surface area (Å²) in [5.41, 5.74) is 0. The number of piperidine rings is 1. The summed E-state index contributed by atoms with van der Waals surface area (Å²) in [6, 6.07) is 6.31. The molecule has 176 valence electrons. The molecule has 2 N–H and O–H groups in total. The Bertz CT molecular complexity index is 779. The largest absolute Gasteiger partial charge is 0.450 e. The molecule has 1 unspecified atom stereocenters. The topological polar surface area (TPSA) is 102 Å². The molecular weight excluding hydrogens is 410 g/mol. The molecule has 2 fully saturated rings. The number of aromatic nitrogens is 1. The van der Waals surface area contributed by atoms with Gasteiger partial charge in [-0.15, -0.1) is 0 Å². The predicted molar refractivity (Wildman–Crippen MR) is 124 cm³/mol. The Hall–Kier alpha value is -3.04. The zero-order valence-electron chi connectivity index (χ0n) is 19.3. The number of rotatable bonds is 6. The summed E-state index contributed by atoms with van der Waals surface area (Å²) < 4.78 is 5.10. The first-order chi connectivity index (χ1) is 15.5. The maximum atomic E-state index is 12.1. The van der Waals surface area contributed by atoms with Crippen LogP contribution in [0.4, 0.5) is 10.6 Å². The van der Waals surface area contributed by atoms with Gasteiger partial charge in [0.25, 0.3) is 0 Å². The van der Waals surface area contributed by atoms with E-state index in [1.165, 1.54) is 4.90 Å². The maximum Gasteiger partial charge on any atom is 0.409 e. The highest BCUT2D eigenvalue weighted by molar-refractivity contribution is 5.85. The zero-order valence-corrected chi connectivity index (χ0v) is 19.3. The number of amides is 2.